The molecule has 0 heterocycles. The second kappa shape index (κ2) is 6.59. The molecule has 80 valence electrons. The Morgan fingerprint density at radius 2 is 2.00 bits per heavy atom. The first kappa shape index (κ1) is 13.2. The first-order valence-electron chi connectivity index (χ1n) is 4.34. The minimum Gasteiger partial charge on any atom is -0.273 e. The predicted molar refractivity (Wildman–Crippen MR) is 53.1 cm³/mol. The fraction of sp³-hybridized carbons (Fsp3) is 1.00. The summed E-state index contributed by atoms with van der Waals surface area (Å²) in [6.45, 7) is 2.09. The molecule has 0 aliphatic rings. The highest BCUT2D eigenvalue weighted by atomic mass is 35.5. The van der Waals surface area contributed by atoms with Crippen LogP contribution in [0, 0.1) is 0 Å². The van der Waals surface area contributed by atoms with Crippen molar-refractivity contribution in [1.82, 2.24) is 4.72 Å². The zero-order chi connectivity index (χ0) is 10.3. The Kier molecular flexibility index (Phi) is 6.67. The lowest BCUT2D eigenvalue weighted by Crippen LogP contribution is -2.30. The standard InChI is InChI=1S/C7H16ClNO3S/c1-2-3-4-5-6-7(8)9-13(10,11)12/h7,9H,2-6H2,1H3,(H,10,11,12). The van der Waals surface area contributed by atoms with Crippen LogP contribution in [-0.2, 0) is 10.3 Å². The summed E-state index contributed by atoms with van der Waals surface area (Å²) in [4.78, 5) is 0. The maximum atomic E-state index is 10.3. The highest BCUT2D eigenvalue weighted by Gasteiger charge is 2.10. The molecule has 0 aromatic heterocycles. The third-order valence-electron chi connectivity index (χ3n) is 1.59. The molecular formula is C7H16ClNO3S. The summed E-state index contributed by atoms with van der Waals surface area (Å²) in [6.07, 6.45) is 4.69. The summed E-state index contributed by atoms with van der Waals surface area (Å²) in [7, 11) is -4.15. The number of hydrogen-bond donors (Lipinski definition) is 2. The Labute approximate surface area is 84.5 Å². The number of nitrogens with one attached hydrogen (secondary N) is 1. The van der Waals surface area contributed by atoms with Crippen LogP contribution in [0.2, 0.25) is 0 Å². The zero-order valence-corrected chi connectivity index (χ0v) is 9.24. The third kappa shape index (κ3) is 10.1. The number of unbranched alkanes of at least 4 members (excludes halogenated alkanes) is 3. The van der Waals surface area contributed by atoms with E-state index in [4.69, 9.17) is 16.2 Å². The van der Waals surface area contributed by atoms with Gasteiger partial charge in [-0.3, -0.25) is 4.55 Å². The highest BCUT2D eigenvalue weighted by molar-refractivity contribution is 7.83. The highest BCUT2D eigenvalue weighted by Crippen LogP contribution is 2.08. The lowest BCUT2D eigenvalue weighted by Gasteiger charge is -2.08. The van der Waals surface area contributed by atoms with Crippen molar-refractivity contribution >= 4 is 21.9 Å². The van der Waals surface area contributed by atoms with Gasteiger partial charge in [-0.15, -0.1) is 11.6 Å². The molecule has 0 radical (unpaired) electrons. The molecule has 0 aromatic carbocycles. The van der Waals surface area contributed by atoms with E-state index in [1.807, 2.05) is 4.72 Å². The van der Waals surface area contributed by atoms with Crippen molar-refractivity contribution in [2.75, 3.05) is 0 Å². The normalized spacial score (nSPS) is 14.4. The van der Waals surface area contributed by atoms with E-state index >= 15 is 0 Å². The van der Waals surface area contributed by atoms with E-state index < -0.39 is 15.8 Å². The quantitative estimate of drug-likeness (QED) is 0.303. The third-order valence-corrected chi connectivity index (χ3v) is 2.63. The maximum Gasteiger partial charge on any atom is 0.334 e. The van der Waals surface area contributed by atoms with E-state index in [-0.39, 0.29) is 0 Å². The molecule has 0 saturated carbocycles. The van der Waals surface area contributed by atoms with Crippen molar-refractivity contribution in [3.8, 4) is 0 Å². The number of halogens is 1. The summed E-state index contributed by atoms with van der Waals surface area (Å²) < 4.78 is 30.8. The van der Waals surface area contributed by atoms with E-state index in [0.29, 0.717) is 6.42 Å². The van der Waals surface area contributed by atoms with Gasteiger partial charge in [-0.25, -0.2) is 0 Å². The Morgan fingerprint density at radius 3 is 2.46 bits per heavy atom. The molecule has 6 heteroatoms. The topological polar surface area (TPSA) is 66.4 Å². The number of alkyl halides is 1. The summed E-state index contributed by atoms with van der Waals surface area (Å²) in [5.74, 6) is 0. The van der Waals surface area contributed by atoms with Crippen LogP contribution in [0.5, 0.6) is 0 Å². The number of rotatable bonds is 7. The van der Waals surface area contributed by atoms with Gasteiger partial charge < -0.3 is 0 Å². The van der Waals surface area contributed by atoms with Crippen molar-refractivity contribution in [3.05, 3.63) is 0 Å². The van der Waals surface area contributed by atoms with E-state index in [0.717, 1.165) is 25.7 Å². The summed E-state index contributed by atoms with van der Waals surface area (Å²) >= 11 is 5.59. The fourth-order valence-corrected chi connectivity index (χ4v) is 1.90. The molecule has 1 atom stereocenters. The second-order valence-electron chi connectivity index (χ2n) is 2.91. The molecular weight excluding hydrogens is 214 g/mol. The summed E-state index contributed by atoms with van der Waals surface area (Å²) in [5, 5.41) is 0. The van der Waals surface area contributed by atoms with Crippen LogP contribution in [0.15, 0.2) is 0 Å². The average molecular weight is 230 g/mol. The second-order valence-corrected chi connectivity index (χ2v) is 4.62. The van der Waals surface area contributed by atoms with E-state index in [1.165, 1.54) is 0 Å². The molecule has 0 saturated heterocycles. The Hall–Kier alpha value is 0.160. The lowest BCUT2D eigenvalue weighted by atomic mass is 10.1. The van der Waals surface area contributed by atoms with Crippen LogP contribution < -0.4 is 4.72 Å². The van der Waals surface area contributed by atoms with Crippen molar-refractivity contribution in [1.29, 1.82) is 0 Å². The number of hydrogen-bond acceptors (Lipinski definition) is 2. The first-order valence-corrected chi connectivity index (χ1v) is 6.22. The summed E-state index contributed by atoms with van der Waals surface area (Å²) in [6, 6.07) is 0. The molecule has 4 nitrogen and oxygen atoms in total. The van der Waals surface area contributed by atoms with E-state index in [2.05, 4.69) is 6.92 Å². The zero-order valence-electron chi connectivity index (χ0n) is 7.66. The van der Waals surface area contributed by atoms with E-state index in [9.17, 15) is 8.42 Å². The van der Waals surface area contributed by atoms with Gasteiger partial charge in [-0.2, -0.15) is 13.1 Å². The van der Waals surface area contributed by atoms with Crippen LogP contribution in [0.4, 0.5) is 0 Å². The van der Waals surface area contributed by atoms with Crippen molar-refractivity contribution in [2.45, 2.75) is 44.5 Å². The van der Waals surface area contributed by atoms with E-state index in [1.54, 1.807) is 0 Å². The molecule has 0 aromatic rings. The molecule has 0 amide bonds. The monoisotopic (exact) mass is 229 g/mol. The Bertz CT molecular complexity index is 218. The Balaban J connectivity index is 3.47. The first-order chi connectivity index (χ1) is 5.95. The van der Waals surface area contributed by atoms with Gasteiger partial charge >= 0.3 is 10.3 Å². The van der Waals surface area contributed by atoms with Crippen LogP contribution in [0.1, 0.15) is 39.0 Å². The minimum absolute atomic E-state index is 0.543. The van der Waals surface area contributed by atoms with Gasteiger partial charge in [0, 0.05) is 0 Å². The minimum atomic E-state index is -4.15. The fourth-order valence-electron chi connectivity index (χ4n) is 0.971. The molecule has 0 rings (SSSR count). The van der Waals surface area contributed by atoms with Crippen LogP contribution >= 0.6 is 11.6 Å². The van der Waals surface area contributed by atoms with Crippen LogP contribution in [0.3, 0.4) is 0 Å². The molecule has 0 spiro atoms. The van der Waals surface area contributed by atoms with Gasteiger partial charge in [0.1, 0.15) is 0 Å². The Morgan fingerprint density at radius 1 is 1.38 bits per heavy atom. The molecule has 1 unspecified atom stereocenters. The van der Waals surface area contributed by atoms with Gasteiger partial charge in [0.05, 0.1) is 5.50 Å². The van der Waals surface area contributed by atoms with Crippen molar-refractivity contribution in [3.63, 3.8) is 0 Å². The smallest absolute Gasteiger partial charge is 0.273 e. The molecule has 0 bridgehead atoms. The molecule has 13 heavy (non-hydrogen) atoms. The van der Waals surface area contributed by atoms with Gasteiger partial charge in [-0.1, -0.05) is 32.6 Å². The average Bonchev–Trinajstić information content (AvgIpc) is 1.94. The van der Waals surface area contributed by atoms with Crippen LogP contribution in [0.25, 0.3) is 0 Å². The van der Waals surface area contributed by atoms with Gasteiger partial charge in [0.25, 0.3) is 0 Å². The maximum absolute atomic E-state index is 10.3. The predicted octanol–water partition coefficient (Wildman–Crippen LogP) is 1.91. The molecule has 0 aliphatic heterocycles. The van der Waals surface area contributed by atoms with Gasteiger partial charge in [0.15, 0.2) is 0 Å². The van der Waals surface area contributed by atoms with Crippen molar-refractivity contribution in [2.24, 2.45) is 0 Å². The molecule has 0 aliphatic carbocycles. The molecule has 2 N–H and O–H groups in total. The summed E-state index contributed by atoms with van der Waals surface area (Å²) in [5.41, 5.74) is -0.702. The SMILES string of the molecule is CCCCCCC(Cl)NS(=O)(=O)O. The van der Waals surface area contributed by atoms with Gasteiger partial charge in [0.2, 0.25) is 0 Å². The van der Waals surface area contributed by atoms with Crippen LogP contribution in [-0.4, -0.2) is 18.5 Å². The van der Waals surface area contributed by atoms with Gasteiger partial charge in [-0.05, 0) is 6.42 Å². The molecule has 0 fully saturated rings. The largest absolute Gasteiger partial charge is 0.334 e. The van der Waals surface area contributed by atoms with Crippen molar-refractivity contribution < 1.29 is 13.0 Å². The lowest BCUT2D eigenvalue weighted by molar-refractivity contribution is 0.460.